The van der Waals surface area contributed by atoms with Crippen LogP contribution in [0.2, 0.25) is 0 Å². The Labute approximate surface area is 185 Å². The maximum Gasteiger partial charge on any atom is 0.331 e. The number of rotatable bonds is 12. The van der Waals surface area contributed by atoms with E-state index in [-0.39, 0.29) is 18.1 Å². The van der Waals surface area contributed by atoms with Crippen LogP contribution >= 0.6 is 0 Å². The molecule has 0 bridgehead atoms. The Morgan fingerprint density at radius 3 is 2.62 bits per heavy atom. The quantitative estimate of drug-likeness (QED) is 0.289. The predicted molar refractivity (Wildman–Crippen MR) is 121 cm³/mol. The molecule has 0 aliphatic heterocycles. The number of anilines is 2. The van der Waals surface area contributed by atoms with Crippen LogP contribution in [0.25, 0.3) is 6.08 Å². The van der Waals surface area contributed by atoms with Gasteiger partial charge in [-0.25, -0.2) is 9.59 Å². The van der Waals surface area contributed by atoms with Gasteiger partial charge in [0.15, 0.2) is 12.3 Å². The largest absolute Gasteiger partial charge is 0.465 e. The van der Waals surface area contributed by atoms with E-state index in [4.69, 9.17) is 14.9 Å². The number of hydrogen-bond acceptors (Lipinski definition) is 7. The van der Waals surface area contributed by atoms with Crippen molar-refractivity contribution in [3.05, 3.63) is 51.1 Å². The van der Waals surface area contributed by atoms with E-state index in [0.29, 0.717) is 25.1 Å². The molecule has 2 aromatic heterocycles. The smallest absolute Gasteiger partial charge is 0.331 e. The number of carbonyl (C=O) groups excluding carboxylic acids is 2. The van der Waals surface area contributed by atoms with E-state index in [1.54, 1.807) is 12.1 Å². The van der Waals surface area contributed by atoms with Gasteiger partial charge >= 0.3 is 11.7 Å². The number of hydrogen-bond donors (Lipinski definition) is 2. The van der Waals surface area contributed by atoms with Crippen LogP contribution in [0.3, 0.4) is 0 Å². The molecule has 3 N–H and O–H groups in total. The number of esters is 1. The molecule has 174 valence electrons. The highest BCUT2D eigenvalue weighted by atomic mass is 16.5. The van der Waals surface area contributed by atoms with Gasteiger partial charge in [-0.3, -0.25) is 19.1 Å². The lowest BCUT2D eigenvalue weighted by Crippen LogP contribution is -2.43. The molecule has 2 heterocycles. The molecule has 0 saturated heterocycles. The highest BCUT2D eigenvalue weighted by Gasteiger charge is 2.24. The molecule has 0 fully saturated rings. The first-order chi connectivity index (χ1) is 15.4. The van der Waals surface area contributed by atoms with Gasteiger partial charge in [-0.15, -0.1) is 0 Å². The number of aromatic amines is 1. The van der Waals surface area contributed by atoms with Crippen molar-refractivity contribution in [2.45, 2.75) is 52.5 Å². The van der Waals surface area contributed by atoms with E-state index < -0.39 is 29.7 Å². The van der Waals surface area contributed by atoms with Gasteiger partial charge in [0, 0.05) is 19.2 Å². The van der Waals surface area contributed by atoms with Crippen LogP contribution in [0, 0.1) is 0 Å². The predicted octanol–water partition coefficient (Wildman–Crippen LogP) is 2.29. The molecule has 10 nitrogen and oxygen atoms in total. The lowest BCUT2D eigenvalue weighted by molar-refractivity contribution is -0.142. The molecule has 2 aromatic rings. The Bertz CT molecular complexity index is 1040. The summed E-state index contributed by atoms with van der Waals surface area (Å²) in [6, 6.07) is 3.33. The first-order valence-electron chi connectivity index (χ1n) is 10.7. The normalized spacial score (nSPS) is 11.1. The Morgan fingerprint density at radius 1 is 1.22 bits per heavy atom. The summed E-state index contributed by atoms with van der Waals surface area (Å²) in [7, 11) is 0. The molecule has 0 aliphatic rings. The fraction of sp³-hybridized carbons (Fsp3) is 0.455. The molecule has 2 rings (SSSR count). The van der Waals surface area contributed by atoms with Crippen molar-refractivity contribution in [3.63, 3.8) is 0 Å². The summed E-state index contributed by atoms with van der Waals surface area (Å²) in [5, 5.41) is 0. The number of nitrogens with one attached hydrogen (secondary N) is 1. The zero-order valence-electron chi connectivity index (χ0n) is 18.5. The van der Waals surface area contributed by atoms with Gasteiger partial charge in [-0.1, -0.05) is 33.1 Å². The first-order valence-corrected chi connectivity index (χ1v) is 10.7. The number of furan rings is 1. The minimum Gasteiger partial charge on any atom is -0.465 e. The van der Waals surface area contributed by atoms with Gasteiger partial charge in [-0.2, -0.15) is 0 Å². The number of amides is 1. The summed E-state index contributed by atoms with van der Waals surface area (Å²) in [5.41, 5.74) is 4.66. The number of unbranched alkanes of at least 4 members (excludes halogenated alkanes) is 3. The number of nitrogen functional groups attached to an aromatic ring is 1. The number of aromatic nitrogens is 2. The summed E-state index contributed by atoms with van der Waals surface area (Å²) >= 11 is 0. The topological polar surface area (TPSA) is 141 Å². The van der Waals surface area contributed by atoms with Gasteiger partial charge in [-0.05, 0) is 31.1 Å². The molecule has 0 saturated carbocycles. The number of carbonyl (C=O) groups is 2. The molecule has 0 spiro atoms. The van der Waals surface area contributed by atoms with Crippen molar-refractivity contribution >= 4 is 29.5 Å². The monoisotopic (exact) mass is 446 g/mol. The zero-order chi connectivity index (χ0) is 23.5. The number of ether oxygens (including phenoxy) is 1. The Morgan fingerprint density at radius 2 is 1.97 bits per heavy atom. The second-order valence-corrected chi connectivity index (χ2v) is 7.21. The molecule has 1 amide bonds. The van der Waals surface area contributed by atoms with E-state index in [9.17, 15) is 19.2 Å². The maximum absolute atomic E-state index is 12.9. The lowest BCUT2D eigenvalue weighted by Gasteiger charge is -2.24. The fourth-order valence-electron chi connectivity index (χ4n) is 3.05. The summed E-state index contributed by atoms with van der Waals surface area (Å²) in [6.07, 6.45) is 7.85. The average Bonchev–Trinajstić information content (AvgIpc) is 3.28. The summed E-state index contributed by atoms with van der Waals surface area (Å²) in [5.74, 6) is -0.971. The van der Waals surface area contributed by atoms with Crippen LogP contribution in [0.4, 0.5) is 11.5 Å². The third-order valence-corrected chi connectivity index (χ3v) is 4.77. The molecule has 0 unspecified atom stereocenters. The highest BCUT2D eigenvalue weighted by molar-refractivity contribution is 5.98. The average molecular weight is 447 g/mol. The van der Waals surface area contributed by atoms with E-state index in [1.807, 2.05) is 13.8 Å². The van der Waals surface area contributed by atoms with Crippen molar-refractivity contribution in [1.29, 1.82) is 0 Å². The standard InChI is InChI=1S/C22H30N4O6/c1-3-5-7-13-25(17(27)15-32-18(28)11-10-16-9-8-14-31-16)19-20(23)26(12-6-4-2)22(30)24-21(19)29/h8-11,14H,3-7,12-13,15,23H2,1-2H3,(H,24,29,30)/b11-10+. The van der Waals surface area contributed by atoms with Crippen LogP contribution in [-0.4, -0.2) is 34.6 Å². The number of nitrogens with zero attached hydrogens (tertiary/aromatic N) is 2. The molecule has 32 heavy (non-hydrogen) atoms. The lowest BCUT2D eigenvalue weighted by atomic mass is 10.2. The van der Waals surface area contributed by atoms with Gasteiger partial charge in [0.2, 0.25) is 0 Å². The Balaban J connectivity index is 2.23. The third-order valence-electron chi connectivity index (χ3n) is 4.77. The van der Waals surface area contributed by atoms with E-state index in [0.717, 1.165) is 25.3 Å². The Hall–Kier alpha value is -3.56. The van der Waals surface area contributed by atoms with E-state index in [1.165, 1.54) is 21.8 Å². The van der Waals surface area contributed by atoms with Gasteiger partial charge in [0.1, 0.15) is 11.6 Å². The van der Waals surface area contributed by atoms with Crippen molar-refractivity contribution in [3.8, 4) is 0 Å². The van der Waals surface area contributed by atoms with Crippen molar-refractivity contribution in [2.24, 2.45) is 0 Å². The van der Waals surface area contributed by atoms with Crippen molar-refractivity contribution in [1.82, 2.24) is 9.55 Å². The molecule has 0 radical (unpaired) electrons. The van der Waals surface area contributed by atoms with Crippen LogP contribution in [0.1, 0.15) is 51.7 Å². The molecular formula is C22H30N4O6. The SMILES string of the molecule is CCCCCN(C(=O)COC(=O)/C=C/c1ccco1)c1c(N)n(CCCC)c(=O)[nH]c1=O. The van der Waals surface area contributed by atoms with Crippen molar-refractivity contribution in [2.75, 3.05) is 23.8 Å². The van der Waals surface area contributed by atoms with E-state index >= 15 is 0 Å². The Kier molecular flexibility index (Phi) is 9.52. The van der Waals surface area contributed by atoms with Crippen LogP contribution < -0.4 is 21.9 Å². The minimum absolute atomic E-state index is 0.0823. The van der Waals surface area contributed by atoms with Crippen LogP contribution in [0.5, 0.6) is 0 Å². The van der Waals surface area contributed by atoms with Gasteiger partial charge in [0.05, 0.1) is 6.26 Å². The van der Waals surface area contributed by atoms with Gasteiger partial charge in [0.25, 0.3) is 11.5 Å². The fourth-order valence-corrected chi connectivity index (χ4v) is 3.05. The molecule has 0 aromatic carbocycles. The minimum atomic E-state index is -0.755. The van der Waals surface area contributed by atoms with Crippen LogP contribution in [0.15, 0.2) is 38.5 Å². The number of H-pyrrole nitrogens is 1. The summed E-state index contributed by atoms with van der Waals surface area (Å²) in [6.45, 7) is 3.90. The molecular weight excluding hydrogens is 416 g/mol. The maximum atomic E-state index is 12.9. The molecule has 0 aliphatic carbocycles. The molecule has 10 heteroatoms. The molecule has 0 atom stereocenters. The second-order valence-electron chi connectivity index (χ2n) is 7.21. The van der Waals surface area contributed by atoms with Gasteiger partial charge < -0.3 is 19.8 Å². The summed E-state index contributed by atoms with van der Waals surface area (Å²) < 4.78 is 11.4. The second kappa shape index (κ2) is 12.3. The zero-order valence-corrected chi connectivity index (χ0v) is 18.5. The first kappa shape index (κ1) is 24.7. The van der Waals surface area contributed by atoms with Crippen LogP contribution in [-0.2, 0) is 20.9 Å². The third kappa shape index (κ3) is 6.73. The number of nitrogens with two attached hydrogens (primary N) is 1. The summed E-state index contributed by atoms with van der Waals surface area (Å²) in [4.78, 5) is 53.0. The highest BCUT2D eigenvalue weighted by Crippen LogP contribution is 2.18. The van der Waals surface area contributed by atoms with Crippen molar-refractivity contribution < 1.29 is 18.7 Å². The van der Waals surface area contributed by atoms with E-state index in [2.05, 4.69) is 4.98 Å².